The van der Waals surface area contributed by atoms with Gasteiger partial charge in [-0.05, 0) is 273 Å². The van der Waals surface area contributed by atoms with Gasteiger partial charge in [-0.3, -0.25) is 38.5 Å². The minimum atomic E-state index is -0.986. The average Bonchev–Trinajstić information content (AvgIpc) is 1.35. The molecule has 20 rings (SSSR count). The zero-order chi connectivity index (χ0) is 93.6. The van der Waals surface area contributed by atoms with Gasteiger partial charge in [-0.25, -0.2) is 4.79 Å². The predicted molar refractivity (Wildman–Crippen MR) is 501 cm³/mol. The molecular weight excluding hydrogens is 1660 g/mol. The Bertz CT molecular complexity index is 4810. The molecule has 6 bridgehead atoms. The first-order valence-corrected chi connectivity index (χ1v) is 48.3. The van der Waals surface area contributed by atoms with E-state index in [0.29, 0.717) is 93.7 Å². The lowest BCUT2D eigenvalue weighted by Crippen LogP contribution is -2.62. The number of likely N-dealkylation sites (N-methyl/N-ethyl adjacent to an activating group) is 2. The molecule has 6 aromatic rings. The van der Waals surface area contributed by atoms with Gasteiger partial charge in [0, 0.05) is 86.3 Å². The second kappa shape index (κ2) is 40.6. The molecule has 0 aromatic heterocycles. The lowest BCUT2D eigenvalue weighted by molar-refractivity contribution is -0.183. The highest BCUT2D eigenvalue weighted by Crippen LogP contribution is 2.64. The van der Waals surface area contributed by atoms with Crippen LogP contribution < -0.4 is 16.0 Å². The van der Waals surface area contributed by atoms with E-state index in [1.807, 2.05) is 125 Å². The summed E-state index contributed by atoms with van der Waals surface area (Å²) in [5.74, 6) is 1.59. The zero-order valence-electron chi connectivity index (χ0n) is 79.2. The minimum Gasteiger partial charge on any atom is -0.478 e. The van der Waals surface area contributed by atoms with Crippen molar-refractivity contribution in [3.63, 3.8) is 0 Å². The molecule has 26 heteroatoms. The van der Waals surface area contributed by atoms with Crippen LogP contribution in [0, 0.1) is 87.3 Å². The maximum atomic E-state index is 14.0. The van der Waals surface area contributed by atoms with Gasteiger partial charge in [-0.2, -0.15) is 15.2 Å². The summed E-state index contributed by atoms with van der Waals surface area (Å²) in [6.45, 7) is 32.4. The van der Waals surface area contributed by atoms with Crippen LogP contribution >= 0.6 is 0 Å². The van der Waals surface area contributed by atoms with Gasteiger partial charge in [-0.15, -0.1) is 0 Å². The zero-order valence-corrected chi connectivity index (χ0v) is 79.2. The van der Waals surface area contributed by atoms with Gasteiger partial charge in [0.1, 0.15) is 36.4 Å². The van der Waals surface area contributed by atoms with Crippen molar-refractivity contribution >= 4 is 35.5 Å². The standard InChI is InChI=1S/2C37H52N4O5.C31H40N2O6/c2*1-23-30-19-29(37(30,3)4)20-31(23)38-35(44)34-33(24(2)43)32(22-42)46-41(34)21-25-9-6-10-26(17-25)27-11-7-12-28(18-27)36(45)40-14-8-13-39(5)15-16-40;1-17-24-13-23(31(24,3)4)14-25(17)32-29(36)28-27(18(2)35)26(16-34)39-33(28)15-19-7-5-8-20(11-19)21-9-6-10-22(12-21)30(37)38/h2*6-7,9-12,17-18,23-24,29-34,42-43H,8,13-16,19-22H2,1-5H3,(H,38,44);5-12,17-18,23-28,34-35H,13-16H2,1-4H3,(H,32,36)(H,37,38)/t2*23-,24-,29+,30-,31-,32-,33+,34-;17-,18-,23+,24-,25-,26-,27+,28-/m000/s1. The van der Waals surface area contributed by atoms with Crippen molar-refractivity contribution < 1.29 is 79.0 Å². The van der Waals surface area contributed by atoms with Gasteiger partial charge in [0.25, 0.3) is 11.8 Å². The molecule has 14 aliphatic rings. The number of aliphatic hydroxyl groups excluding tert-OH is 6. The third-order valence-corrected chi connectivity index (χ3v) is 33.3. The van der Waals surface area contributed by atoms with E-state index in [9.17, 15) is 64.5 Å². The van der Waals surface area contributed by atoms with Crippen molar-refractivity contribution in [3.05, 3.63) is 179 Å². The smallest absolute Gasteiger partial charge is 0.335 e. The second-order valence-electron chi connectivity index (χ2n) is 42.3. The Morgan fingerprint density at radius 1 is 0.382 bits per heavy atom. The number of carboxylic acids is 1. The van der Waals surface area contributed by atoms with E-state index in [-0.39, 0.29) is 79.6 Å². The Kier molecular flexibility index (Phi) is 30.1. The molecule has 9 aliphatic carbocycles. The molecule has 5 amide bonds. The number of benzene rings is 6. The maximum Gasteiger partial charge on any atom is 0.335 e. The van der Waals surface area contributed by atoms with E-state index in [0.717, 1.165) is 135 Å². The molecule has 26 nitrogen and oxygen atoms in total. The molecule has 5 heterocycles. The molecule has 0 radical (unpaired) electrons. The molecule has 0 unspecified atom stereocenters. The summed E-state index contributed by atoms with van der Waals surface area (Å²) in [7, 11) is 4.19. The molecule has 710 valence electrons. The lowest BCUT2D eigenvalue weighted by Gasteiger charge is -2.62. The fourth-order valence-corrected chi connectivity index (χ4v) is 24.9. The molecule has 0 spiro atoms. The molecule has 14 fully saturated rings. The number of aromatic carboxylic acids is 1. The van der Waals surface area contributed by atoms with Crippen molar-refractivity contribution in [2.75, 3.05) is 86.3 Å². The Balaban J connectivity index is 0.000000151. The number of carbonyl (C=O) groups is 6. The van der Waals surface area contributed by atoms with Gasteiger partial charge >= 0.3 is 5.97 Å². The summed E-state index contributed by atoms with van der Waals surface area (Å²) in [4.78, 5) is 107. The summed E-state index contributed by atoms with van der Waals surface area (Å²) in [6, 6.07) is 44.1. The van der Waals surface area contributed by atoms with Crippen molar-refractivity contribution in [1.29, 1.82) is 0 Å². The SMILES string of the molecule is C[C@@H]1[C@@H](NC(=O)[C@@H]2[C@H]([C@H](C)O)[C@H](CO)ON2Cc2cccc(-c3cccc(C(=O)N4CCCN(C)CC4)c3)c2)C[C@H]2C[C@@H]1C2(C)C.C[C@@H]1[C@@H](NC(=O)[C@@H]2[C@H]([C@H](C)O)[C@H](CO)ON2Cc2cccc(-c3cccc(C(=O)N4CCCN(C)CC4)c3)c2)C[C@H]2C[C@@H]1C2(C)C.C[C@@H]1[C@@H](NC(=O)[C@@H]2[C@H]([C@H](C)O)[C@H](CO)ON2Cc2cccc(-c3cccc(C(=O)O)c3)c2)C[C@H]2C[C@@H]1C2(C)C. The molecule has 10 N–H and O–H groups in total. The Morgan fingerprint density at radius 3 is 0.924 bits per heavy atom. The third-order valence-electron chi connectivity index (χ3n) is 33.3. The lowest BCUT2D eigenvalue weighted by atomic mass is 9.45. The van der Waals surface area contributed by atoms with Crippen LogP contribution in [-0.4, -0.2) is 265 Å². The number of nitrogens with one attached hydrogen (secondary N) is 3. The number of fused-ring (bicyclic) bond motifs is 6. The number of nitrogens with zero attached hydrogens (tertiary/aromatic N) is 7. The van der Waals surface area contributed by atoms with E-state index in [1.165, 1.54) is 19.3 Å². The van der Waals surface area contributed by atoms with Crippen molar-refractivity contribution in [2.24, 2.45) is 87.3 Å². The monoisotopic (exact) mass is 1800 g/mol. The topological polar surface area (TPSA) is 330 Å². The molecule has 131 heavy (non-hydrogen) atoms. The van der Waals surface area contributed by atoms with Crippen molar-refractivity contribution in [3.8, 4) is 33.4 Å². The fraction of sp³-hybridized carbons (Fsp3) is 0.600. The predicted octanol–water partition coefficient (Wildman–Crippen LogP) is 11.3. The van der Waals surface area contributed by atoms with Gasteiger partial charge in [0.15, 0.2) is 0 Å². The van der Waals surface area contributed by atoms with Crippen LogP contribution in [0.3, 0.4) is 0 Å². The Hall–Kier alpha value is -8.42. The number of carboxylic acid groups (broad SMARTS) is 1. The first kappa shape index (κ1) is 97.1. The molecule has 6 aromatic carbocycles. The highest BCUT2D eigenvalue weighted by molar-refractivity contribution is 5.96. The Morgan fingerprint density at radius 2 is 0.656 bits per heavy atom. The first-order valence-electron chi connectivity index (χ1n) is 48.3. The number of rotatable bonds is 24. The van der Waals surface area contributed by atoms with E-state index in [2.05, 4.69) is 114 Å². The molecular formula is C105H144N10O16. The number of hydrogen-bond acceptors (Lipinski definition) is 20. The van der Waals surface area contributed by atoms with Crippen LogP contribution in [0.5, 0.6) is 0 Å². The Labute approximate surface area is 774 Å². The first-order chi connectivity index (χ1) is 62.4. The summed E-state index contributed by atoms with van der Waals surface area (Å²) in [5.41, 5.74) is 10.7. The van der Waals surface area contributed by atoms with Gasteiger partial charge in [-0.1, -0.05) is 153 Å². The maximum absolute atomic E-state index is 14.0. The second-order valence-corrected chi connectivity index (χ2v) is 42.3. The normalized spacial score (nSPS) is 32.1. The van der Waals surface area contributed by atoms with Gasteiger partial charge < -0.3 is 71.3 Å². The summed E-state index contributed by atoms with van der Waals surface area (Å²) in [6.07, 6.45) is 3.87. The number of amides is 5. The van der Waals surface area contributed by atoms with Crippen molar-refractivity contribution in [2.45, 2.75) is 227 Å². The highest BCUT2D eigenvalue weighted by atomic mass is 16.7. The number of hydrogen-bond donors (Lipinski definition) is 10. The number of hydroxylamine groups is 6. The molecule has 24 atom stereocenters. The number of carbonyl (C=O) groups excluding carboxylic acids is 5. The minimum absolute atomic E-state index is 0.0555. The van der Waals surface area contributed by atoms with Crippen LogP contribution in [0.2, 0.25) is 0 Å². The van der Waals surface area contributed by atoms with E-state index in [4.69, 9.17) is 14.5 Å². The summed E-state index contributed by atoms with van der Waals surface area (Å²) >= 11 is 0. The van der Waals surface area contributed by atoms with Crippen LogP contribution in [0.4, 0.5) is 0 Å². The van der Waals surface area contributed by atoms with Crippen LogP contribution in [0.15, 0.2) is 146 Å². The van der Waals surface area contributed by atoms with Gasteiger partial charge in [0.05, 0.1) is 63.3 Å². The van der Waals surface area contributed by atoms with Gasteiger partial charge in [0.2, 0.25) is 17.7 Å². The molecule has 5 saturated heterocycles. The largest absolute Gasteiger partial charge is 0.478 e. The van der Waals surface area contributed by atoms with Crippen LogP contribution in [0.25, 0.3) is 33.4 Å². The third kappa shape index (κ3) is 20.4. The summed E-state index contributed by atoms with van der Waals surface area (Å²) < 4.78 is 0. The molecule has 5 aliphatic heterocycles. The number of aliphatic hydroxyl groups is 6. The fourth-order valence-electron chi connectivity index (χ4n) is 24.9. The summed E-state index contributed by atoms with van der Waals surface area (Å²) in [5, 5.41) is 86.9. The van der Waals surface area contributed by atoms with Crippen LogP contribution in [0.1, 0.15) is 182 Å². The van der Waals surface area contributed by atoms with E-state index in [1.54, 1.807) is 54.2 Å². The quantitative estimate of drug-likeness (QED) is 0.0269. The highest BCUT2D eigenvalue weighted by Gasteiger charge is 2.61. The van der Waals surface area contributed by atoms with Crippen LogP contribution in [-0.2, 0) is 48.5 Å². The molecule has 9 saturated carbocycles. The van der Waals surface area contributed by atoms with E-state index < -0.39 is 78.5 Å². The van der Waals surface area contributed by atoms with Crippen molar-refractivity contribution in [1.82, 2.24) is 50.7 Å². The van der Waals surface area contributed by atoms with E-state index >= 15 is 0 Å². The average molecular weight is 1800 g/mol.